The van der Waals surface area contributed by atoms with Gasteiger partial charge < -0.3 is 4.74 Å². The molecule has 1 atom stereocenters. The highest BCUT2D eigenvalue weighted by molar-refractivity contribution is 6.11. The monoisotopic (exact) mass is 259 g/mol. The van der Waals surface area contributed by atoms with E-state index in [1.165, 1.54) is 6.92 Å². The molecule has 2 rings (SSSR count). The van der Waals surface area contributed by atoms with Crippen molar-refractivity contribution in [2.45, 2.75) is 26.7 Å². The average molecular weight is 259 g/mol. The van der Waals surface area contributed by atoms with Gasteiger partial charge in [0.15, 0.2) is 5.78 Å². The number of benzene rings is 1. The number of rotatable bonds is 3. The van der Waals surface area contributed by atoms with Crippen molar-refractivity contribution in [3.8, 4) is 5.75 Å². The third kappa shape index (κ3) is 2.72. The fraction of sp³-hybridized carbons (Fsp3) is 0.400. The maximum Gasteiger partial charge on any atom is 0.159 e. The number of carbonyl (C=O) groups is 2. The van der Waals surface area contributed by atoms with Gasteiger partial charge in [-0.2, -0.15) is 0 Å². The second-order valence-electron chi connectivity index (χ2n) is 4.73. The van der Waals surface area contributed by atoms with Crippen molar-refractivity contribution in [1.82, 2.24) is 0 Å². The average Bonchev–Trinajstić information content (AvgIpc) is 2.71. The van der Waals surface area contributed by atoms with Crippen LogP contribution in [0, 0.1) is 5.92 Å². The first kappa shape index (κ1) is 13.5. The predicted molar refractivity (Wildman–Crippen MR) is 73.5 cm³/mol. The molecule has 0 radical (unpaired) electrons. The van der Waals surface area contributed by atoms with Crippen LogP contribution in [0.3, 0.4) is 0 Å². The highest BCUT2D eigenvalue weighted by Crippen LogP contribution is 2.31. The largest absolute Gasteiger partial charge is 0.494 e. The Morgan fingerprint density at radius 3 is 2.63 bits per heavy atom. The van der Waals surface area contributed by atoms with Gasteiger partial charge in [-0.3, -0.25) is 14.6 Å². The summed E-state index contributed by atoms with van der Waals surface area (Å²) in [5.74, 6) is 0.670. The number of aliphatic imine (C=N–C) groups is 1. The molecule has 1 fully saturated rings. The third-order valence-electron chi connectivity index (χ3n) is 3.46. The van der Waals surface area contributed by atoms with Crippen LogP contribution in [-0.2, 0) is 4.79 Å². The van der Waals surface area contributed by atoms with Crippen LogP contribution in [0.5, 0.6) is 5.75 Å². The van der Waals surface area contributed by atoms with Crippen molar-refractivity contribution in [2.24, 2.45) is 10.9 Å². The molecule has 0 amide bonds. The zero-order chi connectivity index (χ0) is 14.0. The van der Waals surface area contributed by atoms with Gasteiger partial charge in [-0.1, -0.05) is 6.92 Å². The van der Waals surface area contributed by atoms with Gasteiger partial charge in [0.25, 0.3) is 0 Å². The second-order valence-corrected chi connectivity index (χ2v) is 4.73. The van der Waals surface area contributed by atoms with E-state index in [1.807, 2.05) is 6.92 Å². The van der Waals surface area contributed by atoms with Gasteiger partial charge in [0, 0.05) is 17.7 Å². The number of ketones is 2. The summed E-state index contributed by atoms with van der Waals surface area (Å²) in [4.78, 5) is 27.4. The van der Waals surface area contributed by atoms with Crippen LogP contribution in [0.15, 0.2) is 23.2 Å². The van der Waals surface area contributed by atoms with Crippen LogP contribution >= 0.6 is 0 Å². The van der Waals surface area contributed by atoms with Crippen LogP contribution in [0.1, 0.15) is 37.0 Å². The molecule has 0 spiro atoms. The van der Waals surface area contributed by atoms with E-state index in [0.29, 0.717) is 29.8 Å². The molecular formula is C15H17NO3. The second kappa shape index (κ2) is 5.34. The Bertz CT molecular complexity index is 561. The third-order valence-corrected chi connectivity index (χ3v) is 3.46. The van der Waals surface area contributed by atoms with Crippen LogP contribution in [0.4, 0.5) is 5.69 Å². The number of ether oxygens (including phenoxy) is 1. The van der Waals surface area contributed by atoms with E-state index in [4.69, 9.17) is 4.74 Å². The number of nitrogens with zero attached hydrogens (tertiary/aromatic N) is 1. The van der Waals surface area contributed by atoms with Crippen molar-refractivity contribution >= 4 is 23.0 Å². The zero-order valence-corrected chi connectivity index (χ0v) is 11.4. The Morgan fingerprint density at radius 2 is 2.11 bits per heavy atom. The number of methoxy groups -OCH3 is 1. The molecule has 0 bridgehead atoms. The molecule has 1 aromatic carbocycles. The number of carbonyl (C=O) groups excluding carboxylic acids is 2. The first-order valence-electron chi connectivity index (χ1n) is 6.32. The molecule has 4 heteroatoms. The Balaban J connectivity index is 2.38. The quantitative estimate of drug-likeness (QED) is 0.784. The standard InChI is InChI=1S/C15H17NO3/c1-9-12(6-7-14(9)18)16-13-5-4-11(10(2)17)8-15(13)19-3/h4-5,8-9H,6-7H2,1-3H3. The van der Waals surface area contributed by atoms with Crippen molar-refractivity contribution in [3.63, 3.8) is 0 Å². The van der Waals surface area contributed by atoms with Crippen LogP contribution in [0.2, 0.25) is 0 Å². The highest BCUT2D eigenvalue weighted by Gasteiger charge is 2.26. The molecule has 1 aromatic rings. The minimum atomic E-state index is -0.114. The van der Waals surface area contributed by atoms with Gasteiger partial charge in [0.1, 0.15) is 17.2 Å². The molecule has 0 aliphatic heterocycles. The lowest BCUT2D eigenvalue weighted by molar-refractivity contribution is -0.119. The predicted octanol–water partition coefficient (Wildman–Crippen LogP) is 2.97. The van der Waals surface area contributed by atoms with Crippen molar-refractivity contribution in [2.75, 3.05) is 7.11 Å². The Morgan fingerprint density at radius 1 is 1.37 bits per heavy atom. The normalized spacial score (nSPS) is 20.9. The molecule has 1 saturated carbocycles. The summed E-state index contributed by atoms with van der Waals surface area (Å²) in [7, 11) is 1.55. The molecule has 0 N–H and O–H groups in total. The zero-order valence-electron chi connectivity index (χ0n) is 11.4. The lowest BCUT2D eigenvalue weighted by atomic mass is 10.1. The Kier molecular flexibility index (Phi) is 3.79. The molecule has 1 aliphatic rings. The lowest BCUT2D eigenvalue weighted by Crippen LogP contribution is -2.09. The summed E-state index contributed by atoms with van der Waals surface area (Å²) >= 11 is 0. The number of hydrogen-bond acceptors (Lipinski definition) is 4. The summed E-state index contributed by atoms with van der Waals surface area (Å²) in [6.45, 7) is 3.39. The molecule has 0 saturated heterocycles. The Hall–Kier alpha value is -1.97. The van der Waals surface area contributed by atoms with E-state index in [1.54, 1.807) is 25.3 Å². The van der Waals surface area contributed by atoms with E-state index in [-0.39, 0.29) is 17.5 Å². The SMILES string of the molecule is COc1cc(C(C)=O)ccc1N=C1CCC(=O)C1C. The van der Waals surface area contributed by atoms with E-state index in [9.17, 15) is 9.59 Å². The highest BCUT2D eigenvalue weighted by atomic mass is 16.5. The fourth-order valence-electron chi connectivity index (χ4n) is 2.17. The van der Waals surface area contributed by atoms with Crippen molar-refractivity contribution < 1.29 is 14.3 Å². The van der Waals surface area contributed by atoms with Gasteiger partial charge >= 0.3 is 0 Å². The maximum atomic E-state index is 11.5. The topological polar surface area (TPSA) is 55.7 Å². The molecule has 1 aliphatic carbocycles. The number of hydrogen-bond donors (Lipinski definition) is 0. The minimum Gasteiger partial charge on any atom is -0.494 e. The summed E-state index contributed by atoms with van der Waals surface area (Å²) in [6.07, 6.45) is 1.27. The van der Waals surface area contributed by atoms with Gasteiger partial charge in [0.05, 0.1) is 13.0 Å². The first-order valence-corrected chi connectivity index (χ1v) is 6.32. The molecule has 0 aromatic heterocycles. The van der Waals surface area contributed by atoms with Gasteiger partial charge in [-0.05, 0) is 31.5 Å². The maximum absolute atomic E-state index is 11.5. The van der Waals surface area contributed by atoms with Gasteiger partial charge in [-0.15, -0.1) is 0 Å². The van der Waals surface area contributed by atoms with E-state index in [0.717, 1.165) is 5.71 Å². The molecule has 4 nitrogen and oxygen atoms in total. The fourth-order valence-corrected chi connectivity index (χ4v) is 2.17. The van der Waals surface area contributed by atoms with Crippen LogP contribution in [0.25, 0.3) is 0 Å². The van der Waals surface area contributed by atoms with E-state index >= 15 is 0 Å². The molecule has 1 unspecified atom stereocenters. The number of Topliss-reactive ketones (excluding diaryl/α,β-unsaturated/α-hetero) is 2. The van der Waals surface area contributed by atoms with Crippen LogP contribution < -0.4 is 4.74 Å². The summed E-state index contributed by atoms with van der Waals surface area (Å²) in [6, 6.07) is 5.17. The van der Waals surface area contributed by atoms with Gasteiger partial charge in [-0.25, -0.2) is 0 Å². The molecule has 100 valence electrons. The Labute approximate surface area is 112 Å². The van der Waals surface area contributed by atoms with Gasteiger partial charge in [0.2, 0.25) is 0 Å². The van der Waals surface area contributed by atoms with E-state index < -0.39 is 0 Å². The molecular weight excluding hydrogens is 242 g/mol. The molecule has 0 heterocycles. The summed E-state index contributed by atoms with van der Waals surface area (Å²) in [5.41, 5.74) is 2.15. The van der Waals surface area contributed by atoms with Crippen molar-refractivity contribution in [3.05, 3.63) is 23.8 Å². The molecule has 19 heavy (non-hydrogen) atoms. The van der Waals surface area contributed by atoms with Crippen LogP contribution in [-0.4, -0.2) is 24.4 Å². The van der Waals surface area contributed by atoms with E-state index in [2.05, 4.69) is 4.99 Å². The lowest BCUT2D eigenvalue weighted by Gasteiger charge is -2.08. The smallest absolute Gasteiger partial charge is 0.159 e. The summed E-state index contributed by atoms with van der Waals surface area (Å²) in [5, 5.41) is 0. The minimum absolute atomic E-state index is 0.0121. The van der Waals surface area contributed by atoms with Crippen molar-refractivity contribution in [1.29, 1.82) is 0 Å². The summed E-state index contributed by atoms with van der Waals surface area (Å²) < 4.78 is 5.26. The first-order chi connectivity index (χ1) is 9.02.